The molecular weight excluding hydrogens is 761 g/mol. The van der Waals surface area contributed by atoms with Gasteiger partial charge in [0.05, 0.1) is 22.5 Å². The molecule has 3 unspecified atom stereocenters. The Kier molecular flexibility index (Phi) is 8.11. The average molecular weight is 805 g/mol. The molecule has 8 aromatic carbocycles. The van der Waals surface area contributed by atoms with Crippen LogP contribution in [0.25, 0.3) is 71.6 Å². The first-order valence-corrected chi connectivity index (χ1v) is 22.4. The van der Waals surface area contributed by atoms with Crippen molar-refractivity contribution >= 4 is 43.6 Å². The first kappa shape index (κ1) is 36.0. The summed E-state index contributed by atoms with van der Waals surface area (Å²) in [5.41, 5.74) is 16.3. The van der Waals surface area contributed by atoms with E-state index in [1.54, 1.807) is 0 Å². The van der Waals surface area contributed by atoms with E-state index in [-0.39, 0.29) is 12.0 Å². The quantitative estimate of drug-likeness (QED) is 0.158. The van der Waals surface area contributed by atoms with Gasteiger partial charge in [-0.25, -0.2) is 0 Å². The van der Waals surface area contributed by atoms with Gasteiger partial charge in [0.2, 0.25) is 0 Å². The monoisotopic (exact) mass is 804 g/mol. The highest BCUT2D eigenvalue weighted by Gasteiger charge is 2.52. The number of hydrogen-bond acceptors (Lipinski definition) is 0. The van der Waals surface area contributed by atoms with E-state index in [0.29, 0.717) is 5.92 Å². The van der Waals surface area contributed by atoms with Gasteiger partial charge in [-0.3, -0.25) is 0 Å². The molecule has 2 nitrogen and oxygen atoms in total. The average Bonchev–Trinajstić information content (AvgIpc) is 3.98. The zero-order chi connectivity index (χ0) is 41.5. The van der Waals surface area contributed by atoms with Crippen LogP contribution in [-0.4, -0.2) is 9.13 Å². The molecule has 3 aliphatic rings. The molecule has 0 aliphatic heterocycles. The number of hydrogen-bond donors (Lipinski definition) is 0. The van der Waals surface area contributed by atoms with Gasteiger partial charge in [0.25, 0.3) is 0 Å². The first-order chi connectivity index (χ1) is 31.3. The fourth-order valence-corrected chi connectivity index (χ4v) is 11.7. The van der Waals surface area contributed by atoms with Crippen LogP contribution in [0.4, 0.5) is 0 Å². The van der Waals surface area contributed by atoms with Gasteiger partial charge in [0, 0.05) is 50.1 Å². The predicted molar refractivity (Wildman–Crippen MR) is 264 cm³/mol. The maximum absolute atomic E-state index is 2.64. The second kappa shape index (κ2) is 14.2. The van der Waals surface area contributed by atoms with Gasteiger partial charge in [0.15, 0.2) is 0 Å². The fourth-order valence-electron chi connectivity index (χ4n) is 11.7. The van der Waals surface area contributed by atoms with E-state index in [4.69, 9.17) is 0 Å². The number of allylic oxidation sites excluding steroid dienone is 8. The van der Waals surface area contributed by atoms with E-state index < -0.39 is 5.41 Å². The van der Waals surface area contributed by atoms with Crippen molar-refractivity contribution in [1.82, 2.24) is 9.13 Å². The Labute approximate surface area is 367 Å². The minimum Gasteiger partial charge on any atom is -0.333 e. The molecule has 0 amide bonds. The minimum absolute atomic E-state index is 0.0363. The van der Waals surface area contributed by atoms with Crippen LogP contribution in [0.15, 0.2) is 237 Å². The summed E-state index contributed by atoms with van der Waals surface area (Å²) < 4.78 is 5.08. The van der Waals surface area contributed by atoms with Crippen LogP contribution in [0.2, 0.25) is 0 Å². The van der Waals surface area contributed by atoms with Crippen LogP contribution in [0, 0.1) is 5.92 Å². The highest BCUT2D eigenvalue weighted by atomic mass is 15.0. The van der Waals surface area contributed by atoms with Gasteiger partial charge < -0.3 is 9.13 Å². The van der Waals surface area contributed by atoms with Gasteiger partial charge in [-0.2, -0.15) is 0 Å². The van der Waals surface area contributed by atoms with Crippen LogP contribution in [0.5, 0.6) is 0 Å². The number of aromatic nitrogens is 2. The normalized spacial score (nSPS) is 18.4. The molecule has 63 heavy (non-hydrogen) atoms. The van der Waals surface area contributed by atoms with Crippen molar-refractivity contribution in [3.05, 3.63) is 259 Å². The van der Waals surface area contributed by atoms with Crippen LogP contribution in [0.3, 0.4) is 0 Å². The van der Waals surface area contributed by atoms with E-state index in [1.807, 2.05) is 0 Å². The second-order valence-electron chi connectivity index (χ2n) is 17.5. The SMILES string of the molecule is C1=CCC(c2cccc(-n3c4ccccc4c4cc(-c5ccc6c(c5)c5ccccc5n6C5C=CC=CC5C5(c6ccccc6)c6ccccc6-c6ccccc65)ccc43)c2)C=C1. The van der Waals surface area contributed by atoms with Gasteiger partial charge in [-0.15, -0.1) is 0 Å². The maximum atomic E-state index is 2.64. The molecule has 0 bridgehead atoms. The molecule has 0 saturated carbocycles. The number of rotatable bonds is 6. The third-order valence-corrected chi connectivity index (χ3v) is 14.4. The van der Waals surface area contributed by atoms with Crippen LogP contribution in [0.1, 0.15) is 40.6 Å². The van der Waals surface area contributed by atoms with Crippen molar-refractivity contribution in [2.24, 2.45) is 5.92 Å². The minimum atomic E-state index is -0.405. The molecular formula is C61H44N2. The summed E-state index contributed by atoms with van der Waals surface area (Å²) >= 11 is 0. The highest BCUT2D eigenvalue weighted by molar-refractivity contribution is 6.12. The summed E-state index contributed by atoms with van der Waals surface area (Å²) in [6.45, 7) is 0. The Balaban J connectivity index is 0.970. The Morgan fingerprint density at radius 1 is 0.429 bits per heavy atom. The van der Waals surface area contributed by atoms with Crippen molar-refractivity contribution in [2.45, 2.75) is 23.8 Å². The van der Waals surface area contributed by atoms with Gasteiger partial charge in [0.1, 0.15) is 0 Å². The van der Waals surface area contributed by atoms with E-state index in [0.717, 1.165) is 6.42 Å². The first-order valence-electron chi connectivity index (χ1n) is 22.4. The van der Waals surface area contributed by atoms with E-state index in [9.17, 15) is 0 Å². The van der Waals surface area contributed by atoms with E-state index >= 15 is 0 Å². The summed E-state index contributed by atoms with van der Waals surface area (Å²) in [7, 11) is 0. The summed E-state index contributed by atoms with van der Waals surface area (Å²) in [4.78, 5) is 0. The lowest BCUT2D eigenvalue weighted by atomic mass is 9.61. The molecule has 13 rings (SSSR count). The van der Waals surface area contributed by atoms with Gasteiger partial charge >= 0.3 is 0 Å². The smallest absolute Gasteiger partial charge is 0.0603 e. The zero-order valence-electron chi connectivity index (χ0n) is 34.9. The Morgan fingerprint density at radius 3 is 1.76 bits per heavy atom. The second-order valence-corrected chi connectivity index (χ2v) is 17.5. The molecule has 0 radical (unpaired) electrons. The van der Waals surface area contributed by atoms with E-state index in [1.165, 1.54) is 93.8 Å². The largest absolute Gasteiger partial charge is 0.333 e. The Morgan fingerprint density at radius 2 is 1.02 bits per heavy atom. The number of fused-ring (bicyclic) bond motifs is 9. The molecule has 2 heterocycles. The zero-order valence-corrected chi connectivity index (χ0v) is 34.9. The number of para-hydroxylation sites is 2. The van der Waals surface area contributed by atoms with Crippen molar-refractivity contribution < 1.29 is 0 Å². The molecule has 2 aromatic heterocycles. The van der Waals surface area contributed by atoms with Crippen molar-refractivity contribution in [3.63, 3.8) is 0 Å². The van der Waals surface area contributed by atoms with Crippen molar-refractivity contribution in [3.8, 4) is 27.9 Å². The number of benzene rings is 8. The lowest BCUT2D eigenvalue weighted by Gasteiger charge is -2.44. The Hall–Kier alpha value is -7.68. The maximum Gasteiger partial charge on any atom is 0.0603 e. The molecule has 0 saturated heterocycles. The molecule has 2 heteroatoms. The lowest BCUT2D eigenvalue weighted by Crippen LogP contribution is -2.40. The summed E-state index contributed by atoms with van der Waals surface area (Å²) in [5, 5.41) is 5.08. The third kappa shape index (κ3) is 5.31. The summed E-state index contributed by atoms with van der Waals surface area (Å²) in [6, 6.07) is 70.8. The van der Waals surface area contributed by atoms with Gasteiger partial charge in [-0.05, 0) is 99.5 Å². The Bertz CT molecular complexity index is 3520. The van der Waals surface area contributed by atoms with Crippen LogP contribution in [-0.2, 0) is 5.41 Å². The van der Waals surface area contributed by atoms with Crippen molar-refractivity contribution in [1.29, 1.82) is 0 Å². The van der Waals surface area contributed by atoms with Gasteiger partial charge in [-0.1, -0.05) is 188 Å². The highest BCUT2D eigenvalue weighted by Crippen LogP contribution is 2.60. The molecule has 298 valence electrons. The van der Waals surface area contributed by atoms with Crippen LogP contribution < -0.4 is 0 Å². The molecule has 3 atom stereocenters. The summed E-state index contributed by atoms with van der Waals surface area (Å²) in [6.07, 6.45) is 19.4. The summed E-state index contributed by atoms with van der Waals surface area (Å²) in [5.74, 6) is 0.484. The molecule has 3 aliphatic carbocycles. The number of nitrogens with zero attached hydrogens (tertiary/aromatic N) is 2. The van der Waals surface area contributed by atoms with E-state index in [2.05, 4.69) is 246 Å². The fraction of sp³-hybridized carbons (Fsp3) is 0.0820. The van der Waals surface area contributed by atoms with Crippen molar-refractivity contribution in [2.75, 3.05) is 0 Å². The molecule has 0 spiro atoms. The predicted octanol–water partition coefficient (Wildman–Crippen LogP) is 15.5. The molecule has 0 fully saturated rings. The molecule has 0 N–H and O–H groups in total. The lowest BCUT2D eigenvalue weighted by molar-refractivity contribution is 0.361. The van der Waals surface area contributed by atoms with Crippen LogP contribution >= 0.6 is 0 Å². The standard InChI is InChI=1S/C61H44N2/c1-3-18-41(19-4-1)42-20-17-23-46(38-42)62-56-31-14-9-26-49(56)51-39-43(34-36-58(51)62)44-35-37-59-52(40-44)50-27-10-15-32-57(50)63(59)60-33-16-13-30-55(60)61(45-21-5-2-6-22-45)53-28-11-7-24-47(53)48-25-8-12-29-54(48)61/h1-18,20-41,55,60H,19H2. The molecule has 10 aromatic rings. The third-order valence-electron chi connectivity index (χ3n) is 14.4. The topological polar surface area (TPSA) is 9.86 Å².